The van der Waals surface area contributed by atoms with E-state index in [1.807, 2.05) is 49.4 Å². The highest BCUT2D eigenvalue weighted by Gasteiger charge is 2.17. The summed E-state index contributed by atoms with van der Waals surface area (Å²) < 4.78 is 1.65. The molecule has 0 unspecified atom stereocenters. The summed E-state index contributed by atoms with van der Waals surface area (Å²) in [6.07, 6.45) is 4.80. The van der Waals surface area contributed by atoms with Gasteiger partial charge in [0.2, 0.25) is 0 Å². The lowest BCUT2D eigenvalue weighted by molar-refractivity contribution is 0.103. The van der Waals surface area contributed by atoms with Crippen LogP contribution in [-0.4, -0.2) is 30.6 Å². The van der Waals surface area contributed by atoms with Gasteiger partial charge in [0, 0.05) is 11.9 Å². The van der Waals surface area contributed by atoms with Crippen molar-refractivity contribution in [1.82, 2.24) is 24.7 Å². The summed E-state index contributed by atoms with van der Waals surface area (Å²) in [6.45, 7) is 1.83. The number of carbonyl (C=O) groups excluding carboxylic acids is 1. The number of carbonyl (C=O) groups is 1. The van der Waals surface area contributed by atoms with E-state index in [4.69, 9.17) is 0 Å². The molecule has 3 heterocycles. The highest BCUT2D eigenvalue weighted by Crippen LogP contribution is 2.27. The normalized spacial score (nSPS) is 10.7. The predicted octanol–water partition coefficient (Wildman–Crippen LogP) is 3.35. The zero-order chi connectivity index (χ0) is 17.9. The fourth-order valence-electron chi connectivity index (χ4n) is 2.43. The van der Waals surface area contributed by atoms with Crippen LogP contribution in [0.3, 0.4) is 0 Å². The number of hydrogen-bond acceptors (Lipinski definition) is 6. The monoisotopic (exact) mass is 362 g/mol. The van der Waals surface area contributed by atoms with Crippen molar-refractivity contribution in [2.45, 2.75) is 6.92 Å². The first-order chi connectivity index (χ1) is 12.7. The van der Waals surface area contributed by atoms with Gasteiger partial charge in [0.05, 0.1) is 17.1 Å². The fraction of sp³-hybridized carbons (Fsp3) is 0.0556. The summed E-state index contributed by atoms with van der Waals surface area (Å²) >= 11 is 1.33. The molecule has 128 valence electrons. The Morgan fingerprint density at radius 1 is 1.15 bits per heavy atom. The van der Waals surface area contributed by atoms with E-state index < -0.39 is 0 Å². The highest BCUT2D eigenvalue weighted by atomic mass is 32.1. The van der Waals surface area contributed by atoms with Gasteiger partial charge in [0.25, 0.3) is 5.91 Å². The molecule has 0 aliphatic carbocycles. The van der Waals surface area contributed by atoms with E-state index in [9.17, 15) is 4.79 Å². The zero-order valence-corrected chi connectivity index (χ0v) is 14.6. The maximum Gasteiger partial charge on any atom is 0.267 e. The number of amides is 1. The lowest BCUT2D eigenvalue weighted by atomic mass is 10.2. The Balaban J connectivity index is 1.52. The van der Waals surface area contributed by atoms with Crippen LogP contribution in [0.25, 0.3) is 16.4 Å². The van der Waals surface area contributed by atoms with Gasteiger partial charge in [-0.3, -0.25) is 9.78 Å². The quantitative estimate of drug-likeness (QED) is 0.602. The minimum Gasteiger partial charge on any atom is -0.321 e. The summed E-state index contributed by atoms with van der Waals surface area (Å²) in [4.78, 5) is 25.8. The molecule has 0 fully saturated rings. The molecule has 1 amide bonds. The van der Waals surface area contributed by atoms with E-state index in [-0.39, 0.29) is 5.91 Å². The van der Waals surface area contributed by atoms with Crippen molar-refractivity contribution in [1.29, 1.82) is 0 Å². The Morgan fingerprint density at radius 3 is 2.69 bits per heavy atom. The molecule has 0 radical (unpaired) electrons. The minimum atomic E-state index is -0.185. The van der Waals surface area contributed by atoms with E-state index in [2.05, 4.69) is 25.4 Å². The smallest absolute Gasteiger partial charge is 0.267 e. The summed E-state index contributed by atoms with van der Waals surface area (Å²) in [5.41, 5.74) is 3.02. The topological polar surface area (TPSA) is 85.6 Å². The van der Waals surface area contributed by atoms with E-state index in [1.54, 1.807) is 17.2 Å². The second-order valence-corrected chi connectivity index (χ2v) is 6.49. The van der Waals surface area contributed by atoms with Gasteiger partial charge in [-0.25, -0.2) is 14.6 Å². The molecule has 7 nitrogen and oxygen atoms in total. The van der Waals surface area contributed by atoms with E-state index in [0.29, 0.717) is 16.3 Å². The number of hydrogen-bond donors (Lipinski definition) is 1. The van der Waals surface area contributed by atoms with E-state index >= 15 is 0 Å². The van der Waals surface area contributed by atoms with Crippen molar-refractivity contribution in [3.05, 3.63) is 71.9 Å². The number of aromatic nitrogens is 5. The van der Waals surface area contributed by atoms with Gasteiger partial charge in [0.15, 0.2) is 0 Å². The third-order valence-corrected chi connectivity index (χ3v) is 4.87. The SMILES string of the molecule is Cc1nc(-c2ccccn2)sc1C(=O)Nc1ccc(-n2cncn2)cc1. The van der Waals surface area contributed by atoms with E-state index in [1.165, 1.54) is 17.7 Å². The van der Waals surface area contributed by atoms with Gasteiger partial charge in [0.1, 0.15) is 22.5 Å². The Bertz CT molecular complexity index is 1030. The molecule has 0 aliphatic heterocycles. The maximum atomic E-state index is 12.6. The van der Waals surface area contributed by atoms with Crippen molar-refractivity contribution in [3.8, 4) is 16.4 Å². The number of pyridine rings is 1. The molecule has 4 rings (SSSR count). The average Bonchev–Trinajstić information content (AvgIpc) is 3.33. The first kappa shape index (κ1) is 16.1. The molecule has 0 saturated carbocycles. The molecule has 3 aromatic heterocycles. The molecule has 1 N–H and O–H groups in total. The maximum absolute atomic E-state index is 12.6. The van der Waals surface area contributed by atoms with Crippen molar-refractivity contribution >= 4 is 22.9 Å². The van der Waals surface area contributed by atoms with Crippen LogP contribution in [0.2, 0.25) is 0 Å². The first-order valence-electron chi connectivity index (χ1n) is 7.86. The number of benzene rings is 1. The average molecular weight is 362 g/mol. The largest absolute Gasteiger partial charge is 0.321 e. The van der Waals surface area contributed by atoms with Crippen LogP contribution in [0.4, 0.5) is 5.69 Å². The summed E-state index contributed by atoms with van der Waals surface area (Å²) in [5, 5.41) is 7.71. The second kappa shape index (κ2) is 6.85. The molecule has 0 spiro atoms. The Morgan fingerprint density at radius 2 is 2.00 bits per heavy atom. The van der Waals surface area contributed by atoms with Crippen LogP contribution < -0.4 is 5.32 Å². The van der Waals surface area contributed by atoms with Crippen molar-refractivity contribution in [2.24, 2.45) is 0 Å². The van der Waals surface area contributed by atoms with Crippen LogP contribution in [-0.2, 0) is 0 Å². The lowest BCUT2D eigenvalue weighted by Crippen LogP contribution is -2.11. The van der Waals surface area contributed by atoms with Gasteiger partial charge in [-0.1, -0.05) is 6.07 Å². The van der Waals surface area contributed by atoms with Crippen LogP contribution in [0, 0.1) is 6.92 Å². The van der Waals surface area contributed by atoms with Crippen molar-refractivity contribution < 1.29 is 4.79 Å². The highest BCUT2D eigenvalue weighted by molar-refractivity contribution is 7.17. The van der Waals surface area contributed by atoms with Gasteiger partial charge < -0.3 is 5.32 Å². The molecular weight excluding hydrogens is 348 g/mol. The standard InChI is InChI=1S/C18H14N6OS/c1-12-16(26-18(22-12)15-4-2-3-9-20-15)17(25)23-13-5-7-14(8-6-13)24-11-19-10-21-24/h2-11H,1H3,(H,23,25). The molecule has 4 aromatic rings. The number of aryl methyl sites for hydroxylation is 1. The van der Waals surface area contributed by atoms with Gasteiger partial charge in [-0.05, 0) is 43.3 Å². The zero-order valence-electron chi connectivity index (χ0n) is 13.8. The number of nitrogens with one attached hydrogen (secondary N) is 1. The Hall–Kier alpha value is -3.39. The Labute approximate surface area is 153 Å². The van der Waals surface area contributed by atoms with Crippen LogP contribution >= 0.6 is 11.3 Å². The molecule has 26 heavy (non-hydrogen) atoms. The first-order valence-corrected chi connectivity index (χ1v) is 8.67. The third kappa shape index (κ3) is 3.22. The molecule has 8 heteroatoms. The summed E-state index contributed by atoms with van der Waals surface area (Å²) in [7, 11) is 0. The Kier molecular flexibility index (Phi) is 4.24. The fourth-order valence-corrected chi connectivity index (χ4v) is 3.37. The van der Waals surface area contributed by atoms with Crippen LogP contribution in [0.15, 0.2) is 61.3 Å². The van der Waals surface area contributed by atoms with Crippen LogP contribution in [0.1, 0.15) is 15.4 Å². The molecule has 0 atom stereocenters. The van der Waals surface area contributed by atoms with Gasteiger partial charge in [-0.15, -0.1) is 11.3 Å². The number of anilines is 1. The number of thiazole rings is 1. The van der Waals surface area contributed by atoms with Crippen molar-refractivity contribution in [2.75, 3.05) is 5.32 Å². The van der Waals surface area contributed by atoms with Gasteiger partial charge >= 0.3 is 0 Å². The summed E-state index contributed by atoms with van der Waals surface area (Å²) in [6, 6.07) is 13.0. The van der Waals surface area contributed by atoms with Crippen LogP contribution in [0.5, 0.6) is 0 Å². The minimum absolute atomic E-state index is 0.185. The number of rotatable bonds is 4. The van der Waals surface area contributed by atoms with Gasteiger partial charge in [-0.2, -0.15) is 5.10 Å². The molecular formula is C18H14N6OS. The molecule has 1 aromatic carbocycles. The lowest BCUT2D eigenvalue weighted by Gasteiger charge is -2.05. The molecule has 0 aliphatic rings. The third-order valence-electron chi connectivity index (χ3n) is 3.70. The van der Waals surface area contributed by atoms with E-state index in [0.717, 1.165) is 16.4 Å². The molecule has 0 saturated heterocycles. The summed E-state index contributed by atoms with van der Waals surface area (Å²) in [5.74, 6) is -0.185. The van der Waals surface area contributed by atoms with Crippen molar-refractivity contribution in [3.63, 3.8) is 0 Å². The number of nitrogens with zero attached hydrogens (tertiary/aromatic N) is 5. The molecule has 0 bridgehead atoms. The predicted molar refractivity (Wildman–Crippen MR) is 99.4 cm³/mol. The second-order valence-electron chi connectivity index (χ2n) is 5.49.